The van der Waals surface area contributed by atoms with Crippen LogP contribution in [0.15, 0.2) is 10.6 Å². The molecule has 1 aromatic heterocycles. The van der Waals surface area contributed by atoms with Crippen molar-refractivity contribution in [3.05, 3.63) is 17.5 Å². The number of hydrogen-bond donors (Lipinski definition) is 2. The summed E-state index contributed by atoms with van der Waals surface area (Å²) in [6, 6.07) is 1.71. The second-order valence-corrected chi connectivity index (χ2v) is 5.75. The average Bonchev–Trinajstić information content (AvgIpc) is 2.68. The number of aryl methyl sites for hydroxylation is 1. The van der Waals surface area contributed by atoms with E-state index in [9.17, 15) is 8.42 Å². The summed E-state index contributed by atoms with van der Waals surface area (Å²) in [5.41, 5.74) is 0.740. The fraction of sp³-hybridized carbons (Fsp3) is 0.700. The Morgan fingerprint density at radius 3 is 2.76 bits per heavy atom. The molecule has 98 valence electrons. The molecule has 1 rings (SSSR count). The van der Waals surface area contributed by atoms with Crippen molar-refractivity contribution in [2.75, 3.05) is 18.8 Å². The smallest absolute Gasteiger partial charge is 0.213 e. The monoisotopic (exact) mass is 261 g/mol. The highest BCUT2D eigenvalue weighted by Gasteiger charge is 2.10. The fourth-order valence-electron chi connectivity index (χ4n) is 1.26. The molecule has 0 atom stereocenters. The number of aromatic nitrogens is 1. The summed E-state index contributed by atoms with van der Waals surface area (Å²) in [7, 11) is -3.25. The van der Waals surface area contributed by atoms with Gasteiger partial charge in [0.2, 0.25) is 10.0 Å². The Hall–Kier alpha value is -0.920. The van der Waals surface area contributed by atoms with Gasteiger partial charge in [-0.3, -0.25) is 0 Å². The molecule has 7 heteroatoms. The number of nitrogens with zero attached hydrogens (tertiary/aromatic N) is 1. The molecule has 0 radical (unpaired) electrons. The lowest BCUT2D eigenvalue weighted by molar-refractivity contribution is 0.377. The van der Waals surface area contributed by atoms with E-state index in [0.717, 1.165) is 18.7 Å². The Morgan fingerprint density at radius 2 is 2.18 bits per heavy atom. The molecule has 1 heterocycles. The van der Waals surface area contributed by atoms with Crippen LogP contribution in [0.5, 0.6) is 0 Å². The van der Waals surface area contributed by atoms with Gasteiger partial charge in [0.1, 0.15) is 0 Å². The molecule has 0 bridgehead atoms. The van der Waals surface area contributed by atoms with E-state index in [1.54, 1.807) is 13.0 Å². The minimum atomic E-state index is -3.25. The molecule has 0 saturated carbocycles. The Bertz CT molecular complexity index is 428. The van der Waals surface area contributed by atoms with Gasteiger partial charge in [0.25, 0.3) is 0 Å². The molecule has 0 aliphatic heterocycles. The van der Waals surface area contributed by atoms with Gasteiger partial charge in [-0.05, 0) is 19.9 Å². The predicted molar refractivity (Wildman–Crippen MR) is 65.0 cm³/mol. The van der Waals surface area contributed by atoms with Crippen LogP contribution in [-0.2, 0) is 16.6 Å². The van der Waals surface area contributed by atoms with E-state index in [4.69, 9.17) is 4.52 Å². The van der Waals surface area contributed by atoms with Gasteiger partial charge in [0.05, 0.1) is 18.0 Å². The van der Waals surface area contributed by atoms with Gasteiger partial charge < -0.3 is 9.84 Å². The largest absolute Gasteiger partial charge is 0.360 e. The third kappa shape index (κ3) is 5.81. The van der Waals surface area contributed by atoms with E-state index >= 15 is 0 Å². The zero-order valence-corrected chi connectivity index (χ0v) is 11.0. The van der Waals surface area contributed by atoms with Crippen molar-refractivity contribution in [2.24, 2.45) is 0 Å². The summed E-state index contributed by atoms with van der Waals surface area (Å²) < 4.78 is 30.5. The third-order valence-electron chi connectivity index (χ3n) is 2.12. The molecule has 2 N–H and O–H groups in total. The van der Waals surface area contributed by atoms with Crippen molar-refractivity contribution in [1.82, 2.24) is 15.2 Å². The third-order valence-corrected chi connectivity index (χ3v) is 3.44. The molecule has 0 aliphatic carbocycles. The molecule has 1 aromatic rings. The van der Waals surface area contributed by atoms with Crippen LogP contribution >= 0.6 is 0 Å². The molecular formula is C10H19N3O3S. The maximum absolute atomic E-state index is 11.6. The number of sulfonamides is 1. The lowest BCUT2D eigenvalue weighted by Crippen LogP contribution is -2.31. The first-order valence-corrected chi connectivity index (χ1v) is 7.29. The second kappa shape index (κ2) is 6.73. The van der Waals surface area contributed by atoms with Gasteiger partial charge in [-0.25, -0.2) is 13.1 Å². The topological polar surface area (TPSA) is 84.2 Å². The molecule has 17 heavy (non-hydrogen) atoms. The lowest BCUT2D eigenvalue weighted by Gasteiger charge is -2.05. The van der Waals surface area contributed by atoms with Crippen LogP contribution in [0.25, 0.3) is 0 Å². The lowest BCUT2D eigenvalue weighted by atomic mass is 10.4. The highest BCUT2D eigenvalue weighted by atomic mass is 32.2. The van der Waals surface area contributed by atoms with Crippen LogP contribution in [0.3, 0.4) is 0 Å². The van der Waals surface area contributed by atoms with E-state index in [2.05, 4.69) is 15.2 Å². The minimum absolute atomic E-state index is 0.0696. The van der Waals surface area contributed by atoms with Crippen molar-refractivity contribution < 1.29 is 12.9 Å². The standard InChI is InChI=1S/C10H19N3O3S/c1-3-4-11-5-6-17(14,15)12-8-10-7-9(2)13-16-10/h7,11-12H,3-6,8H2,1-2H3. The molecule has 0 aliphatic rings. The summed E-state index contributed by atoms with van der Waals surface area (Å²) in [5, 5.41) is 6.72. The molecule has 0 spiro atoms. The van der Waals surface area contributed by atoms with E-state index in [1.807, 2.05) is 6.92 Å². The van der Waals surface area contributed by atoms with Crippen LogP contribution in [0.2, 0.25) is 0 Å². The predicted octanol–water partition coefficient (Wildman–Crippen LogP) is 0.402. The molecule has 0 saturated heterocycles. The van der Waals surface area contributed by atoms with Crippen molar-refractivity contribution in [3.8, 4) is 0 Å². The normalized spacial score (nSPS) is 11.9. The van der Waals surface area contributed by atoms with E-state index < -0.39 is 10.0 Å². The van der Waals surface area contributed by atoms with Crippen LogP contribution in [-0.4, -0.2) is 32.4 Å². The van der Waals surface area contributed by atoms with Gasteiger partial charge in [-0.2, -0.15) is 0 Å². The van der Waals surface area contributed by atoms with Crippen molar-refractivity contribution in [2.45, 2.75) is 26.8 Å². The SMILES string of the molecule is CCCNCCS(=O)(=O)NCc1cc(C)no1. The zero-order chi connectivity index (χ0) is 12.7. The Labute approximate surface area is 102 Å². The molecule has 0 unspecified atom stereocenters. The molecule has 0 amide bonds. The number of hydrogen-bond acceptors (Lipinski definition) is 5. The van der Waals surface area contributed by atoms with Gasteiger partial charge in [-0.15, -0.1) is 0 Å². The zero-order valence-electron chi connectivity index (χ0n) is 10.2. The summed E-state index contributed by atoms with van der Waals surface area (Å²) in [4.78, 5) is 0. The first kappa shape index (κ1) is 14.1. The second-order valence-electron chi connectivity index (χ2n) is 3.82. The van der Waals surface area contributed by atoms with Crippen LogP contribution < -0.4 is 10.0 Å². The first-order valence-electron chi connectivity index (χ1n) is 5.64. The highest BCUT2D eigenvalue weighted by Crippen LogP contribution is 2.01. The quantitative estimate of drug-likeness (QED) is 0.662. The molecule has 0 aromatic carbocycles. The fourth-order valence-corrected chi connectivity index (χ4v) is 2.18. The minimum Gasteiger partial charge on any atom is -0.360 e. The molecule has 0 fully saturated rings. The van der Waals surface area contributed by atoms with Gasteiger partial charge in [0.15, 0.2) is 5.76 Å². The van der Waals surface area contributed by atoms with E-state index in [-0.39, 0.29) is 12.3 Å². The van der Waals surface area contributed by atoms with Crippen molar-refractivity contribution >= 4 is 10.0 Å². The summed E-state index contributed by atoms with van der Waals surface area (Å²) in [6.45, 7) is 5.26. The van der Waals surface area contributed by atoms with E-state index in [1.165, 1.54) is 0 Å². The van der Waals surface area contributed by atoms with Gasteiger partial charge in [-0.1, -0.05) is 12.1 Å². The Kier molecular flexibility index (Phi) is 5.60. The summed E-state index contributed by atoms with van der Waals surface area (Å²) in [5.74, 6) is 0.590. The van der Waals surface area contributed by atoms with Crippen molar-refractivity contribution in [3.63, 3.8) is 0 Å². The number of nitrogens with one attached hydrogen (secondary N) is 2. The maximum Gasteiger partial charge on any atom is 0.213 e. The number of rotatable bonds is 8. The van der Waals surface area contributed by atoms with Crippen LogP contribution in [0.4, 0.5) is 0 Å². The van der Waals surface area contributed by atoms with Gasteiger partial charge in [0, 0.05) is 12.6 Å². The van der Waals surface area contributed by atoms with Gasteiger partial charge >= 0.3 is 0 Å². The summed E-state index contributed by atoms with van der Waals surface area (Å²) in [6.07, 6.45) is 0.991. The summed E-state index contributed by atoms with van der Waals surface area (Å²) >= 11 is 0. The van der Waals surface area contributed by atoms with E-state index in [0.29, 0.717) is 12.3 Å². The molecule has 6 nitrogen and oxygen atoms in total. The van der Waals surface area contributed by atoms with Crippen LogP contribution in [0.1, 0.15) is 24.8 Å². The average molecular weight is 261 g/mol. The Balaban J connectivity index is 2.29. The highest BCUT2D eigenvalue weighted by molar-refractivity contribution is 7.89. The molecular weight excluding hydrogens is 242 g/mol. The first-order chi connectivity index (χ1) is 8.03. The Morgan fingerprint density at radius 1 is 1.41 bits per heavy atom. The van der Waals surface area contributed by atoms with Crippen LogP contribution in [0, 0.1) is 6.92 Å². The maximum atomic E-state index is 11.6. The van der Waals surface area contributed by atoms with Crippen molar-refractivity contribution in [1.29, 1.82) is 0 Å².